The van der Waals surface area contributed by atoms with Crippen LogP contribution in [0, 0.1) is 0 Å². The number of aromatic nitrogens is 4. The Kier molecular flexibility index (Phi) is 5.85. The van der Waals surface area contributed by atoms with E-state index < -0.39 is 0 Å². The molecule has 1 aromatic carbocycles. The first-order valence-electron chi connectivity index (χ1n) is 7.39. The minimum absolute atomic E-state index is 0.0260. The molecule has 1 atom stereocenters. The van der Waals surface area contributed by atoms with Crippen molar-refractivity contribution in [2.45, 2.75) is 32.5 Å². The molecule has 0 aliphatic rings. The van der Waals surface area contributed by atoms with Crippen molar-refractivity contribution in [1.29, 1.82) is 0 Å². The van der Waals surface area contributed by atoms with E-state index in [0.717, 1.165) is 30.1 Å². The number of benzene rings is 1. The Morgan fingerprint density at radius 2 is 2.05 bits per heavy atom. The zero-order chi connectivity index (χ0) is 15.9. The molecule has 22 heavy (non-hydrogen) atoms. The van der Waals surface area contributed by atoms with Crippen LogP contribution in [0.4, 0.5) is 0 Å². The van der Waals surface area contributed by atoms with Crippen molar-refractivity contribution in [2.24, 2.45) is 0 Å². The first-order chi connectivity index (χ1) is 10.7. The highest BCUT2D eigenvalue weighted by molar-refractivity contribution is 5.29. The topological polar surface area (TPSA) is 76.3 Å². The van der Waals surface area contributed by atoms with Gasteiger partial charge < -0.3 is 9.84 Å². The molecule has 1 aromatic heterocycles. The van der Waals surface area contributed by atoms with Gasteiger partial charge in [0.25, 0.3) is 0 Å². The first kappa shape index (κ1) is 16.4. The average molecular weight is 305 g/mol. The molecule has 120 valence electrons. The number of aryl methyl sites for hydroxylation is 1. The largest absolute Gasteiger partial charge is 0.497 e. The number of likely N-dealkylation sites (N-methyl/N-ethyl adjacent to an activating group) is 1. The van der Waals surface area contributed by atoms with Gasteiger partial charge in [0.15, 0.2) is 5.82 Å². The second-order valence-electron chi connectivity index (χ2n) is 5.20. The predicted molar refractivity (Wildman–Crippen MR) is 82.4 cm³/mol. The number of aliphatic hydroxyl groups is 1. The van der Waals surface area contributed by atoms with Crippen LogP contribution in [-0.4, -0.2) is 51.0 Å². The van der Waals surface area contributed by atoms with Crippen molar-refractivity contribution in [1.82, 2.24) is 25.1 Å². The van der Waals surface area contributed by atoms with Gasteiger partial charge in [0, 0.05) is 6.54 Å². The molecule has 1 N–H and O–H groups in total. The number of rotatable bonds is 8. The summed E-state index contributed by atoms with van der Waals surface area (Å²) in [5.74, 6) is 1.60. The number of methoxy groups -OCH3 is 1. The molecule has 0 saturated heterocycles. The summed E-state index contributed by atoms with van der Waals surface area (Å²) < 4.78 is 6.97. The van der Waals surface area contributed by atoms with Gasteiger partial charge in [-0.2, -0.15) is 0 Å². The lowest BCUT2D eigenvalue weighted by Gasteiger charge is -2.26. The van der Waals surface area contributed by atoms with E-state index in [2.05, 4.69) is 22.4 Å². The van der Waals surface area contributed by atoms with E-state index in [-0.39, 0.29) is 12.6 Å². The van der Waals surface area contributed by atoms with Crippen LogP contribution in [0.15, 0.2) is 24.3 Å². The van der Waals surface area contributed by atoms with Crippen LogP contribution in [0.25, 0.3) is 0 Å². The van der Waals surface area contributed by atoms with Crippen molar-refractivity contribution in [3.63, 3.8) is 0 Å². The van der Waals surface area contributed by atoms with E-state index in [9.17, 15) is 5.11 Å². The minimum Gasteiger partial charge on any atom is -0.497 e. The SMILES string of the molecule is CCCn1nnnc1CN(C)C(CO)c1ccc(OC)cc1. The second kappa shape index (κ2) is 7.86. The van der Waals surface area contributed by atoms with Gasteiger partial charge >= 0.3 is 0 Å². The maximum Gasteiger partial charge on any atom is 0.165 e. The third-order valence-corrected chi connectivity index (χ3v) is 3.64. The minimum atomic E-state index is -0.113. The van der Waals surface area contributed by atoms with Crippen molar-refractivity contribution in [2.75, 3.05) is 20.8 Å². The quantitative estimate of drug-likeness (QED) is 0.791. The van der Waals surface area contributed by atoms with Gasteiger partial charge in [-0.05, 0) is 41.6 Å². The Balaban J connectivity index is 2.10. The monoisotopic (exact) mass is 305 g/mol. The van der Waals surface area contributed by atoms with Gasteiger partial charge in [0.05, 0.1) is 26.3 Å². The molecular formula is C15H23N5O2. The van der Waals surface area contributed by atoms with Gasteiger partial charge in [0.1, 0.15) is 5.75 Å². The molecular weight excluding hydrogens is 282 g/mol. The zero-order valence-corrected chi connectivity index (χ0v) is 13.3. The molecule has 0 fully saturated rings. The first-order valence-corrected chi connectivity index (χ1v) is 7.39. The Labute approximate surface area is 130 Å². The van der Waals surface area contributed by atoms with E-state index in [1.54, 1.807) is 11.8 Å². The lowest BCUT2D eigenvalue weighted by molar-refractivity contribution is 0.138. The van der Waals surface area contributed by atoms with Gasteiger partial charge in [-0.3, -0.25) is 4.90 Å². The Hall–Kier alpha value is -1.99. The van der Waals surface area contributed by atoms with Crippen LogP contribution in [0.5, 0.6) is 5.75 Å². The number of nitrogens with zero attached hydrogens (tertiary/aromatic N) is 5. The number of hydrogen-bond donors (Lipinski definition) is 1. The Morgan fingerprint density at radius 3 is 2.64 bits per heavy atom. The van der Waals surface area contributed by atoms with Gasteiger partial charge in [-0.25, -0.2) is 4.68 Å². The number of aliphatic hydroxyl groups excluding tert-OH is 1. The number of tetrazole rings is 1. The predicted octanol–water partition coefficient (Wildman–Crippen LogP) is 1.26. The Morgan fingerprint density at radius 1 is 1.32 bits per heavy atom. The van der Waals surface area contributed by atoms with Crippen molar-refractivity contribution < 1.29 is 9.84 Å². The molecule has 1 unspecified atom stereocenters. The molecule has 0 radical (unpaired) electrons. The maximum atomic E-state index is 9.75. The molecule has 0 aliphatic heterocycles. The van der Waals surface area contributed by atoms with Gasteiger partial charge in [-0.1, -0.05) is 19.1 Å². The molecule has 0 bridgehead atoms. The molecule has 2 aromatic rings. The fraction of sp³-hybridized carbons (Fsp3) is 0.533. The summed E-state index contributed by atoms with van der Waals surface area (Å²) in [6, 6.07) is 7.61. The summed E-state index contributed by atoms with van der Waals surface area (Å²) in [4.78, 5) is 2.04. The molecule has 1 heterocycles. The van der Waals surface area contributed by atoms with Crippen molar-refractivity contribution in [3.8, 4) is 5.75 Å². The lowest BCUT2D eigenvalue weighted by Crippen LogP contribution is -2.28. The fourth-order valence-electron chi connectivity index (χ4n) is 2.38. The van der Waals surface area contributed by atoms with Crippen LogP contribution < -0.4 is 4.74 Å². The Bertz CT molecular complexity index is 570. The summed E-state index contributed by atoms with van der Waals surface area (Å²) in [6.07, 6.45) is 0.976. The smallest absolute Gasteiger partial charge is 0.165 e. The molecule has 7 nitrogen and oxygen atoms in total. The third-order valence-electron chi connectivity index (χ3n) is 3.64. The van der Waals surface area contributed by atoms with Crippen molar-refractivity contribution >= 4 is 0 Å². The van der Waals surface area contributed by atoms with Crippen LogP contribution in [0.1, 0.15) is 30.8 Å². The van der Waals surface area contributed by atoms with E-state index in [1.807, 2.05) is 36.2 Å². The van der Waals surface area contributed by atoms with Gasteiger partial charge in [0.2, 0.25) is 0 Å². The van der Waals surface area contributed by atoms with Gasteiger partial charge in [-0.15, -0.1) is 5.10 Å². The summed E-state index contributed by atoms with van der Waals surface area (Å²) in [7, 11) is 3.59. The van der Waals surface area contributed by atoms with Crippen LogP contribution in [0.2, 0.25) is 0 Å². The fourth-order valence-corrected chi connectivity index (χ4v) is 2.38. The number of ether oxygens (including phenoxy) is 1. The van der Waals surface area contributed by atoms with Crippen LogP contribution in [0.3, 0.4) is 0 Å². The molecule has 0 spiro atoms. The van der Waals surface area contributed by atoms with E-state index >= 15 is 0 Å². The van der Waals surface area contributed by atoms with Crippen molar-refractivity contribution in [3.05, 3.63) is 35.7 Å². The molecule has 0 amide bonds. The summed E-state index contributed by atoms with van der Waals surface area (Å²) in [6.45, 7) is 3.48. The molecule has 0 aliphatic carbocycles. The third kappa shape index (κ3) is 3.80. The normalized spacial score (nSPS) is 12.6. The van der Waals surface area contributed by atoms with Crippen LogP contribution >= 0.6 is 0 Å². The molecule has 0 saturated carbocycles. The highest BCUT2D eigenvalue weighted by Crippen LogP contribution is 2.22. The average Bonchev–Trinajstić information content (AvgIpc) is 2.96. The van der Waals surface area contributed by atoms with Crippen LogP contribution in [-0.2, 0) is 13.1 Å². The summed E-state index contributed by atoms with van der Waals surface area (Å²) in [5.41, 5.74) is 1.03. The highest BCUT2D eigenvalue weighted by atomic mass is 16.5. The van der Waals surface area contributed by atoms with E-state index in [0.29, 0.717) is 6.54 Å². The molecule has 2 rings (SSSR count). The number of hydrogen-bond acceptors (Lipinski definition) is 6. The highest BCUT2D eigenvalue weighted by Gasteiger charge is 2.19. The maximum absolute atomic E-state index is 9.75. The van der Waals surface area contributed by atoms with E-state index in [4.69, 9.17) is 4.74 Å². The molecule has 7 heteroatoms. The standard InChI is InChI=1S/C15H23N5O2/c1-4-9-20-15(16-17-18-20)10-19(2)14(11-21)12-5-7-13(22-3)8-6-12/h5-8,14,21H,4,9-11H2,1-3H3. The zero-order valence-electron chi connectivity index (χ0n) is 13.3. The summed E-state index contributed by atoms with van der Waals surface area (Å²) >= 11 is 0. The second-order valence-corrected chi connectivity index (χ2v) is 5.20. The summed E-state index contributed by atoms with van der Waals surface area (Å²) in [5, 5.41) is 21.5. The van der Waals surface area contributed by atoms with E-state index in [1.165, 1.54) is 0 Å². The lowest BCUT2D eigenvalue weighted by atomic mass is 10.1.